The molecule has 0 saturated carbocycles. The molecule has 1 aromatic heterocycles. The van der Waals surface area contributed by atoms with Gasteiger partial charge >= 0.3 is 0 Å². The number of hydrogen-bond acceptors (Lipinski definition) is 5. The van der Waals surface area contributed by atoms with Crippen molar-refractivity contribution in [2.45, 2.75) is 43.2 Å². The van der Waals surface area contributed by atoms with Gasteiger partial charge in [0.15, 0.2) is 0 Å². The normalized spacial score (nSPS) is 26.1. The summed E-state index contributed by atoms with van der Waals surface area (Å²) in [7, 11) is 0. The molecule has 0 radical (unpaired) electrons. The Labute approximate surface area is 123 Å². The fourth-order valence-corrected chi connectivity index (χ4v) is 6.36. The molecule has 3 unspecified atom stereocenters. The molecule has 2 heterocycles. The maximum atomic E-state index is 4.20. The van der Waals surface area contributed by atoms with Crippen LogP contribution in [0.25, 0.3) is 0 Å². The van der Waals surface area contributed by atoms with Gasteiger partial charge < -0.3 is 5.32 Å². The Hall–Kier alpha value is 0.290. The van der Waals surface area contributed by atoms with Gasteiger partial charge in [-0.15, -0.1) is 11.3 Å². The van der Waals surface area contributed by atoms with Gasteiger partial charge in [-0.25, -0.2) is 0 Å². The van der Waals surface area contributed by atoms with E-state index >= 15 is 0 Å². The summed E-state index contributed by atoms with van der Waals surface area (Å²) in [5.74, 6) is 2.62. The molecule has 1 aliphatic rings. The van der Waals surface area contributed by atoms with Crippen LogP contribution in [0.2, 0.25) is 0 Å². The summed E-state index contributed by atoms with van der Waals surface area (Å²) in [6, 6.07) is 0.596. The second kappa shape index (κ2) is 7.78. The summed E-state index contributed by atoms with van der Waals surface area (Å²) in [5, 5.41) is 5.25. The number of rotatable bonds is 6. The van der Waals surface area contributed by atoms with Crippen molar-refractivity contribution >= 4 is 34.9 Å². The first-order valence-electron chi connectivity index (χ1n) is 6.69. The molecule has 102 valence electrons. The van der Waals surface area contributed by atoms with Crippen LogP contribution in [-0.4, -0.2) is 39.6 Å². The standard InChI is InChI=1S/C13H22N2S3/c1-3-12-13(17-6-5-16-12)11(15-4-2)7-10-8-14-9-18-10/h8-9,11-13,15H,3-7H2,1-2H3. The lowest BCUT2D eigenvalue weighted by Crippen LogP contribution is -2.46. The number of nitrogens with zero attached hydrogens (tertiary/aromatic N) is 1. The van der Waals surface area contributed by atoms with Crippen LogP contribution < -0.4 is 5.32 Å². The molecular formula is C13H22N2S3. The Kier molecular flexibility index (Phi) is 6.35. The lowest BCUT2D eigenvalue weighted by atomic mass is 10.0. The van der Waals surface area contributed by atoms with E-state index in [1.165, 1.54) is 22.8 Å². The molecule has 1 saturated heterocycles. The molecular weight excluding hydrogens is 280 g/mol. The van der Waals surface area contributed by atoms with E-state index in [-0.39, 0.29) is 0 Å². The average molecular weight is 303 g/mol. The summed E-state index contributed by atoms with van der Waals surface area (Å²) < 4.78 is 0. The maximum Gasteiger partial charge on any atom is 0.0794 e. The highest BCUT2D eigenvalue weighted by Gasteiger charge is 2.31. The fourth-order valence-electron chi connectivity index (χ4n) is 2.44. The highest BCUT2D eigenvalue weighted by atomic mass is 32.2. The summed E-state index contributed by atoms with van der Waals surface area (Å²) in [5.41, 5.74) is 1.94. The number of likely N-dealkylation sites (N-methyl/N-ethyl adjacent to an activating group) is 1. The van der Waals surface area contributed by atoms with Crippen LogP contribution in [0.4, 0.5) is 0 Å². The van der Waals surface area contributed by atoms with Gasteiger partial charge in [0.2, 0.25) is 0 Å². The molecule has 0 aliphatic carbocycles. The molecule has 0 aromatic carbocycles. The van der Waals surface area contributed by atoms with Crippen LogP contribution in [0, 0.1) is 0 Å². The predicted molar refractivity (Wildman–Crippen MR) is 86.1 cm³/mol. The van der Waals surface area contributed by atoms with Crippen LogP contribution in [0.3, 0.4) is 0 Å². The third kappa shape index (κ3) is 3.89. The Morgan fingerprint density at radius 3 is 2.89 bits per heavy atom. The zero-order chi connectivity index (χ0) is 12.8. The van der Waals surface area contributed by atoms with Crippen LogP contribution in [0.5, 0.6) is 0 Å². The van der Waals surface area contributed by atoms with E-state index in [0.29, 0.717) is 6.04 Å². The minimum atomic E-state index is 0.596. The minimum Gasteiger partial charge on any atom is -0.313 e. The Balaban J connectivity index is 2.02. The van der Waals surface area contributed by atoms with Crippen molar-refractivity contribution in [2.24, 2.45) is 0 Å². The van der Waals surface area contributed by atoms with Gasteiger partial charge in [0.25, 0.3) is 0 Å². The fraction of sp³-hybridized carbons (Fsp3) is 0.769. The van der Waals surface area contributed by atoms with Crippen molar-refractivity contribution in [1.82, 2.24) is 10.3 Å². The predicted octanol–water partition coefficient (Wildman–Crippen LogP) is 3.29. The summed E-state index contributed by atoms with van der Waals surface area (Å²) in [4.78, 5) is 5.61. The average Bonchev–Trinajstić information content (AvgIpc) is 2.91. The molecule has 1 N–H and O–H groups in total. The maximum absolute atomic E-state index is 4.20. The Morgan fingerprint density at radius 2 is 2.22 bits per heavy atom. The third-order valence-corrected chi connectivity index (χ3v) is 7.47. The largest absolute Gasteiger partial charge is 0.313 e. The minimum absolute atomic E-state index is 0.596. The number of nitrogens with one attached hydrogen (secondary N) is 1. The van der Waals surface area contributed by atoms with E-state index in [1.807, 2.05) is 11.7 Å². The van der Waals surface area contributed by atoms with Gasteiger partial charge in [-0.3, -0.25) is 4.98 Å². The quantitative estimate of drug-likeness (QED) is 0.871. The highest BCUT2D eigenvalue weighted by molar-refractivity contribution is 8.07. The Bertz CT molecular complexity index is 329. The van der Waals surface area contributed by atoms with Gasteiger partial charge in [0.05, 0.1) is 5.51 Å². The van der Waals surface area contributed by atoms with Crippen molar-refractivity contribution in [3.63, 3.8) is 0 Å². The molecule has 2 rings (SSSR count). The van der Waals surface area contributed by atoms with Gasteiger partial charge in [0.1, 0.15) is 0 Å². The van der Waals surface area contributed by atoms with E-state index in [0.717, 1.165) is 23.5 Å². The molecule has 3 atom stereocenters. The Morgan fingerprint density at radius 1 is 1.39 bits per heavy atom. The number of thiazole rings is 1. The molecule has 1 aromatic rings. The molecule has 1 fully saturated rings. The van der Waals surface area contributed by atoms with Gasteiger partial charge in [-0.05, 0) is 19.4 Å². The highest BCUT2D eigenvalue weighted by Crippen LogP contribution is 2.36. The van der Waals surface area contributed by atoms with Gasteiger partial charge in [-0.2, -0.15) is 23.5 Å². The van der Waals surface area contributed by atoms with E-state index < -0.39 is 0 Å². The lowest BCUT2D eigenvalue weighted by molar-refractivity contribution is 0.492. The molecule has 0 bridgehead atoms. The molecule has 1 aliphatic heterocycles. The number of hydrogen-bond donors (Lipinski definition) is 1. The SMILES string of the molecule is CCNC(Cc1cncs1)C1SCCSC1CC. The summed E-state index contributed by atoms with van der Waals surface area (Å²) in [6.07, 6.45) is 4.44. The van der Waals surface area contributed by atoms with E-state index in [9.17, 15) is 0 Å². The molecule has 2 nitrogen and oxygen atoms in total. The lowest BCUT2D eigenvalue weighted by Gasteiger charge is -2.36. The van der Waals surface area contributed by atoms with Crippen LogP contribution in [-0.2, 0) is 6.42 Å². The second-order valence-electron chi connectivity index (χ2n) is 4.49. The van der Waals surface area contributed by atoms with E-state index in [4.69, 9.17) is 0 Å². The van der Waals surface area contributed by atoms with Crippen molar-refractivity contribution < 1.29 is 0 Å². The second-order valence-corrected chi connectivity index (χ2v) is 8.09. The zero-order valence-corrected chi connectivity index (χ0v) is 13.5. The van der Waals surface area contributed by atoms with Crippen molar-refractivity contribution in [3.8, 4) is 0 Å². The molecule has 0 amide bonds. The van der Waals surface area contributed by atoms with E-state index in [2.05, 4.69) is 47.7 Å². The van der Waals surface area contributed by atoms with Gasteiger partial charge in [0, 0.05) is 39.1 Å². The van der Waals surface area contributed by atoms with Crippen LogP contribution >= 0.6 is 34.9 Å². The first-order valence-corrected chi connectivity index (χ1v) is 9.66. The first-order chi connectivity index (χ1) is 8.85. The van der Waals surface area contributed by atoms with E-state index in [1.54, 1.807) is 11.3 Å². The molecule has 18 heavy (non-hydrogen) atoms. The number of thioether (sulfide) groups is 2. The molecule has 5 heteroatoms. The van der Waals surface area contributed by atoms with Crippen molar-refractivity contribution in [3.05, 3.63) is 16.6 Å². The third-order valence-electron chi connectivity index (χ3n) is 3.26. The monoisotopic (exact) mass is 302 g/mol. The topological polar surface area (TPSA) is 24.9 Å². The van der Waals surface area contributed by atoms with Crippen molar-refractivity contribution in [1.29, 1.82) is 0 Å². The van der Waals surface area contributed by atoms with Gasteiger partial charge in [-0.1, -0.05) is 13.8 Å². The first kappa shape index (κ1) is 14.7. The summed E-state index contributed by atoms with van der Waals surface area (Å²) >= 11 is 6.11. The smallest absolute Gasteiger partial charge is 0.0794 e. The van der Waals surface area contributed by atoms with Crippen molar-refractivity contribution in [2.75, 3.05) is 18.1 Å². The molecule has 0 spiro atoms. The van der Waals surface area contributed by atoms with Crippen LogP contribution in [0.15, 0.2) is 11.7 Å². The zero-order valence-electron chi connectivity index (χ0n) is 11.1. The number of aromatic nitrogens is 1. The summed E-state index contributed by atoms with van der Waals surface area (Å²) in [6.45, 7) is 5.59. The van der Waals surface area contributed by atoms with Crippen LogP contribution in [0.1, 0.15) is 25.1 Å².